The van der Waals surface area contributed by atoms with Crippen molar-refractivity contribution in [2.75, 3.05) is 5.73 Å². The van der Waals surface area contributed by atoms with E-state index in [1.165, 1.54) is 6.20 Å². The molecule has 0 aliphatic rings. The van der Waals surface area contributed by atoms with Gasteiger partial charge in [0.1, 0.15) is 5.56 Å². The molecule has 1 aromatic carbocycles. The lowest BCUT2D eigenvalue weighted by Crippen LogP contribution is -2.04. The number of fused-ring (bicyclic) bond motifs is 1. The summed E-state index contributed by atoms with van der Waals surface area (Å²) in [5.74, 6) is -1.05. The number of rotatable bonds is 1. The predicted octanol–water partition coefficient (Wildman–Crippen LogP) is 2.13. The minimum absolute atomic E-state index is 0.0550. The SMILES string of the molecule is Cc1cc(C)c2c(N)c(C(=O)O)cnc2c1. The van der Waals surface area contributed by atoms with Gasteiger partial charge in [0.15, 0.2) is 0 Å². The molecule has 0 aliphatic heterocycles. The Labute approximate surface area is 92.7 Å². The van der Waals surface area contributed by atoms with Crippen LogP contribution in [0.3, 0.4) is 0 Å². The van der Waals surface area contributed by atoms with Gasteiger partial charge in [-0.15, -0.1) is 0 Å². The minimum Gasteiger partial charge on any atom is -0.478 e. The van der Waals surface area contributed by atoms with E-state index in [1.807, 2.05) is 26.0 Å². The highest BCUT2D eigenvalue weighted by atomic mass is 16.4. The molecule has 4 heteroatoms. The van der Waals surface area contributed by atoms with E-state index in [0.717, 1.165) is 22.0 Å². The number of hydrogen-bond donors (Lipinski definition) is 2. The Morgan fingerprint density at radius 1 is 1.38 bits per heavy atom. The Hall–Kier alpha value is -2.10. The summed E-state index contributed by atoms with van der Waals surface area (Å²) in [5, 5.41) is 9.68. The third kappa shape index (κ3) is 1.48. The van der Waals surface area contributed by atoms with Gasteiger partial charge in [0.2, 0.25) is 0 Å². The highest BCUT2D eigenvalue weighted by Gasteiger charge is 2.13. The number of anilines is 1. The van der Waals surface area contributed by atoms with E-state index in [9.17, 15) is 4.79 Å². The van der Waals surface area contributed by atoms with Crippen molar-refractivity contribution in [3.63, 3.8) is 0 Å². The number of carbonyl (C=O) groups is 1. The van der Waals surface area contributed by atoms with Crippen molar-refractivity contribution in [2.24, 2.45) is 0 Å². The van der Waals surface area contributed by atoms with Gasteiger partial charge < -0.3 is 10.8 Å². The van der Waals surface area contributed by atoms with Gasteiger partial charge in [0.25, 0.3) is 0 Å². The van der Waals surface area contributed by atoms with Crippen LogP contribution in [0.2, 0.25) is 0 Å². The van der Waals surface area contributed by atoms with E-state index >= 15 is 0 Å². The molecule has 1 heterocycles. The van der Waals surface area contributed by atoms with Crippen LogP contribution in [0, 0.1) is 13.8 Å². The molecule has 82 valence electrons. The quantitative estimate of drug-likeness (QED) is 0.765. The highest BCUT2D eigenvalue weighted by molar-refractivity contribution is 6.04. The number of nitrogen functional groups attached to an aromatic ring is 1. The summed E-state index contributed by atoms with van der Waals surface area (Å²) in [6, 6.07) is 3.86. The Balaban J connectivity index is 2.89. The lowest BCUT2D eigenvalue weighted by molar-refractivity contribution is 0.0698. The average molecular weight is 216 g/mol. The van der Waals surface area contributed by atoms with Crippen LogP contribution >= 0.6 is 0 Å². The number of carboxylic acid groups (broad SMARTS) is 1. The summed E-state index contributed by atoms with van der Waals surface area (Å²) in [7, 11) is 0. The first-order valence-electron chi connectivity index (χ1n) is 4.89. The zero-order valence-corrected chi connectivity index (χ0v) is 9.11. The zero-order chi connectivity index (χ0) is 11.9. The maximum Gasteiger partial charge on any atom is 0.339 e. The van der Waals surface area contributed by atoms with Gasteiger partial charge in [-0.3, -0.25) is 4.98 Å². The van der Waals surface area contributed by atoms with Gasteiger partial charge in [-0.1, -0.05) is 6.07 Å². The maximum atomic E-state index is 10.9. The Morgan fingerprint density at radius 2 is 2.06 bits per heavy atom. The van der Waals surface area contributed by atoms with E-state index in [1.54, 1.807) is 0 Å². The summed E-state index contributed by atoms with van der Waals surface area (Å²) < 4.78 is 0. The standard InChI is InChI=1S/C12H12N2O2/c1-6-3-7(2)10-9(4-6)14-5-8(11(10)13)12(15)16/h3-5H,1-2H3,(H2,13,14)(H,15,16). The first-order chi connectivity index (χ1) is 7.50. The number of aromatic carboxylic acids is 1. The first-order valence-corrected chi connectivity index (χ1v) is 4.89. The molecule has 0 unspecified atom stereocenters. The largest absolute Gasteiger partial charge is 0.478 e. The van der Waals surface area contributed by atoms with Crippen LogP contribution in [0.1, 0.15) is 21.5 Å². The lowest BCUT2D eigenvalue weighted by atomic mass is 10.0. The van der Waals surface area contributed by atoms with E-state index in [4.69, 9.17) is 10.8 Å². The van der Waals surface area contributed by atoms with Gasteiger partial charge >= 0.3 is 5.97 Å². The summed E-state index contributed by atoms with van der Waals surface area (Å²) in [6.45, 7) is 3.87. The molecule has 0 atom stereocenters. The summed E-state index contributed by atoms with van der Waals surface area (Å²) in [6.07, 6.45) is 1.30. The number of hydrogen-bond acceptors (Lipinski definition) is 3. The monoisotopic (exact) mass is 216 g/mol. The Morgan fingerprint density at radius 3 is 2.69 bits per heavy atom. The smallest absolute Gasteiger partial charge is 0.339 e. The van der Waals surface area contributed by atoms with Gasteiger partial charge in [-0.2, -0.15) is 0 Å². The topological polar surface area (TPSA) is 76.2 Å². The van der Waals surface area contributed by atoms with Crippen molar-refractivity contribution < 1.29 is 9.90 Å². The van der Waals surface area contributed by atoms with Crippen molar-refractivity contribution in [2.45, 2.75) is 13.8 Å². The Bertz CT molecular complexity index is 591. The van der Waals surface area contributed by atoms with Crippen LogP contribution in [0.4, 0.5) is 5.69 Å². The van der Waals surface area contributed by atoms with Crippen LogP contribution < -0.4 is 5.73 Å². The number of aromatic nitrogens is 1. The number of benzene rings is 1. The van der Waals surface area contributed by atoms with E-state index in [2.05, 4.69) is 4.98 Å². The molecule has 3 N–H and O–H groups in total. The van der Waals surface area contributed by atoms with Crippen molar-refractivity contribution in [3.8, 4) is 0 Å². The second-order valence-corrected chi connectivity index (χ2v) is 3.87. The number of carboxylic acids is 1. The van der Waals surface area contributed by atoms with Crippen LogP contribution in [0.25, 0.3) is 10.9 Å². The zero-order valence-electron chi connectivity index (χ0n) is 9.11. The van der Waals surface area contributed by atoms with Gasteiger partial charge in [-0.05, 0) is 31.0 Å². The normalized spacial score (nSPS) is 10.6. The van der Waals surface area contributed by atoms with Crippen molar-refractivity contribution in [1.29, 1.82) is 0 Å². The highest BCUT2D eigenvalue weighted by Crippen LogP contribution is 2.27. The minimum atomic E-state index is -1.05. The molecule has 0 amide bonds. The van der Waals surface area contributed by atoms with Crippen molar-refractivity contribution in [3.05, 3.63) is 35.0 Å². The second-order valence-electron chi connectivity index (χ2n) is 3.87. The fourth-order valence-electron chi connectivity index (χ4n) is 1.91. The first kappa shape index (κ1) is 10.4. The third-order valence-corrected chi connectivity index (χ3v) is 2.58. The fraction of sp³-hybridized carbons (Fsp3) is 0.167. The molecule has 0 saturated heterocycles. The second kappa shape index (κ2) is 3.48. The predicted molar refractivity (Wildman–Crippen MR) is 62.6 cm³/mol. The van der Waals surface area contributed by atoms with E-state index in [0.29, 0.717) is 0 Å². The summed E-state index contributed by atoms with van der Waals surface area (Å²) in [4.78, 5) is 15.0. The number of nitrogens with zero attached hydrogens (tertiary/aromatic N) is 1. The number of pyridine rings is 1. The van der Waals surface area contributed by atoms with Gasteiger partial charge in [0.05, 0.1) is 11.2 Å². The van der Waals surface area contributed by atoms with Crippen LogP contribution in [-0.4, -0.2) is 16.1 Å². The molecular formula is C12H12N2O2. The van der Waals surface area contributed by atoms with Crippen LogP contribution in [0.15, 0.2) is 18.3 Å². The summed E-state index contributed by atoms with van der Waals surface area (Å²) >= 11 is 0. The number of aryl methyl sites for hydroxylation is 2. The van der Waals surface area contributed by atoms with Crippen molar-refractivity contribution in [1.82, 2.24) is 4.98 Å². The lowest BCUT2D eigenvalue weighted by Gasteiger charge is -2.08. The molecule has 0 radical (unpaired) electrons. The Kier molecular flexibility index (Phi) is 2.27. The van der Waals surface area contributed by atoms with Gasteiger partial charge in [-0.25, -0.2) is 4.79 Å². The van der Waals surface area contributed by atoms with Crippen LogP contribution in [-0.2, 0) is 0 Å². The molecule has 0 bridgehead atoms. The molecule has 2 aromatic rings. The molecule has 2 rings (SSSR count). The average Bonchev–Trinajstić information content (AvgIpc) is 2.15. The maximum absolute atomic E-state index is 10.9. The van der Waals surface area contributed by atoms with Crippen molar-refractivity contribution >= 4 is 22.6 Å². The molecule has 0 fully saturated rings. The van der Waals surface area contributed by atoms with Crippen LogP contribution in [0.5, 0.6) is 0 Å². The molecule has 0 aliphatic carbocycles. The molecule has 1 aromatic heterocycles. The molecule has 4 nitrogen and oxygen atoms in total. The molecule has 0 spiro atoms. The summed E-state index contributed by atoms with van der Waals surface area (Å²) in [5.41, 5.74) is 8.96. The number of nitrogens with two attached hydrogens (primary N) is 1. The fourth-order valence-corrected chi connectivity index (χ4v) is 1.91. The van der Waals surface area contributed by atoms with Gasteiger partial charge in [0, 0.05) is 11.6 Å². The molecular weight excluding hydrogens is 204 g/mol. The van der Waals surface area contributed by atoms with E-state index < -0.39 is 5.97 Å². The third-order valence-electron chi connectivity index (χ3n) is 2.58. The molecule has 16 heavy (non-hydrogen) atoms. The molecule has 0 saturated carbocycles. The van der Waals surface area contributed by atoms with E-state index in [-0.39, 0.29) is 11.3 Å².